The summed E-state index contributed by atoms with van der Waals surface area (Å²) in [5, 5.41) is 0. The molecular weight excluding hydrogens is 196 g/mol. The zero-order chi connectivity index (χ0) is 11.2. The molecule has 0 atom stereocenters. The standard InChI is InChI=1S/C14H14N2/c15-11-16-14(12-7-3-1-4-8-12)13-9-5-2-6-10-13/h1-10H,11,15H2. The molecule has 80 valence electrons. The Morgan fingerprint density at radius 2 is 1.25 bits per heavy atom. The smallest absolute Gasteiger partial charge is 0.0867 e. The molecule has 2 aromatic rings. The Bertz CT molecular complexity index is 419. The molecule has 0 aliphatic carbocycles. The Morgan fingerprint density at radius 1 is 0.812 bits per heavy atom. The number of nitrogens with zero attached hydrogens (tertiary/aromatic N) is 1. The van der Waals surface area contributed by atoms with E-state index in [9.17, 15) is 0 Å². The minimum atomic E-state index is 0.305. The molecular formula is C14H14N2. The predicted octanol–water partition coefficient (Wildman–Crippen LogP) is 2.44. The number of rotatable bonds is 3. The highest BCUT2D eigenvalue weighted by Crippen LogP contribution is 2.10. The Labute approximate surface area is 95.5 Å². The molecule has 2 N–H and O–H groups in total. The normalized spacial score (nSPS) is 9.81. The Morgan fingerprint density at radius 3 is 1.62 bits per heavy atom. The third kappa shape index (κ3) is 2.35. The van der Waals surface area contributed by atoms with E-state index < -0.39 is 0 Å². The van der Waals surface area contributed by atoms with Crippen LogP contribution in [0.3, 0.4) is 0 Å². The van der Waals surface area contributed by atoms with Crippen LogP contribution in [0.1, 0.15) is 11.1 Å². The molecule has 2 heteroatoms. The predicted molar refractivity (Wildman–Crippen MR) is 67.6 cm³/mol. The molecule has 0 fully saturated rings. The van der Waals surface area contributed by atoms with E-state index in [1.165, 1.54) is 0 Å². The quantitative estimate of drug-likeness (QED) is 0.776. The Kier molecular flexibility index (Phi) is 3.46. The minimum Gasteiger partial charge on any atom is -0.312 e. The van der Waals surface area contributed by atoms with Gasteiger partial charge in [0.05, 0.1) is 12.4 Å². The topological polar surface area (TPSA) is 38.4 Å². The molecule has 0 bridgehead atoms. The van der Waals surface area contributed by atoms with Crippen molar-refractivity contribution in [1.29, 1.82) is 0 Å². The molecule has 0 saturated heterocycles. The van der Waals surface area contributed by atoms with Gasteiger partial charge in [0.1, 0.15) is 0 Å². The van der Waals surface area contributed by atoms with Gasteiger partial charge >= 0.3 is 0 Å². The van der Waals surface area contributed by atoms with E-state index in [0.717, 1.165) is 16.8 Å². The number of benzene rings is 2. The van der Waals surface area contributed by atoms with Gasteiger partial charge in [-0.05, 0) is 0 Å². The molecule has 2 nitrogen and oxygen atoms in total. The van der Waals surface area contributed by atoms with Crippen LogP contribution in [0.15, 0.2) is 65.7 Å². The van der Waals surface area contributed by atoms with Crippen molar-refractivity contribution in [2.24, 2.45) is 10.7 Å². The van der Waals surface area contributed by atoms with Crippen molar-refractivity contribution in [3.8, 4) is 0 Å². The highest BCUT2D eigenvalue weighted by Gasteiger charge is 2.04. The lowest BCUT2D eigenvalue weighted by Crippen LogP contribution is -2.07. The monoisotopic (exact) mass is 210 g/mol. The van der Waals surface area contributed by atoms with Gasteiger partial charge in [-0.15, -0.1) is 0 Å². The van der Waals surface area contributed by atoms with E-state index >= 15 is 0 Å². The van der Waals surface area contributed by atoms with Crippen LogP contribution in [0.2, 0.25) is 0 Å². The summed E-state index contributed by atoms with van der Waals surface area (Å²) >= 11 is 0. The fraction of sp³-hybridized carbons (Fsp3) is 0.0714. The summed E-state index contributed by atoms with van der Waals surface area (Å²) in [5.41, 5.74) is 8.66. The fourth-order valence-electron chi connectivity index (χ4n) is 1.63. The average molecular weight is 210 g/mol. The maximum atomic E-state index is 5.52. The van der Waals surface area contributed by atoms with Crippen LogP contribution >= 0.6 is 0 Å². The second-order valence-electron chi connectivity index (χ2n) is 3.42. The van der Waals surface area contributed by atoms with Crippen molar-refractivity contribution in [1.82, 2.24) is 0 Å². The van der Waals surface area contributed by atoms with Crippen LogP contribution in [0.25, 0.3) is 0 Å². The van der Waals surface area contributed by atoms with Crippen molar-refractivity contribution in [3.63, 3.8) is 0 Å². The lowest BCUT2D eigenvalue weighted by molar-refractivity contribution is 1.07. The van der Waals surface area contributed by atoms with Gasteiger partial charge in [-0.2, -0.15) is 0 Å². The SMILES string of the molecule is NCN=C(c1ccccc1)c1ccccc1. The Hall–Kier alpha value is -1.93. The molecule has 2 rings (SSSR count). The van der Waals surface area contributed by atoms with Gasteiger partial charge in [0, 0.05) is 11.1 Å². The summed E-state index contributed by atoms with van der Waals surface area (Å²) in [6.07, 6.45) is 0. The number of hydrogen-bond acceptors (Lipinski definition) is 2. The van der Waals surface area contributed by atoms with Crippen LogP contribution in [0.5, 0.6) is 0 Å². The van der Waals surface area contributed by atoms with Crippen molar-refractivity contribution >= 4 is 5.71 Å². The second-order valence-corrected chi connectivity index (χ2v) is 3.42. The molecule has 0 aromatic heterocycles. The first-order valence-electron chi connectivity index (χ1n) is 5.27. The van der Waals surface area contributed by atoms with Crippen LogP contribution < -0.4 is 5.73 Å². The molecule has 0 spiro atoms. The summed E-state index contributed by atoms with van der Waals surface area (Å²) in [5.74, 6) is 0. The zero-order valence-electron chi connectivity index (χ0n) is 9.01. The number of aliphatic imine (C=N–C) groups is 1. The first kappa shape index (κ1) is 10.6. The van der Waals surface area contributed by atoms with Gasteiger partial charge in [-0.25, -0.2) is 0 Å². The maximum absolute atomic E-state index is 5.52. The van der Waals surface area contributed by atoms with Crippen LogP contribution in [-0.2, 0) is 0 Å². The highest BCUT2D eigenvalue weighted by molar-refractivity contribution is 6.12. The molecule has 0 radical (unpaired) electrons. The Balaban J connectivity index is 2.44. The second kappa shape index (κ2) is 5.24. The first-order chi connectivity index (χ1) is 7.92. The van der Waals surface area contributed by atoms with Crippen LogP contribution in [-0.4, -0.2) is 12.4 Å². The van der Waals surface area contributed by atoms with Crippen molar-refractivity contribution in [2.45, 2.75) is 0 Å². The first-order valence-corrected chi connectivity index (χ1v) is 5.27. The van der Waals surface area contributed by atoms with Crippen molar-refractivity contribution < 1.29 is 0 Å². The molecule has 2 aromatic carbocycles. The molecule has 0 heterocycles. The van der Waals surface area contributed by atoms with Crippen molar-refractivity contribution in [2.75, 3.05) is 6.67 Å². The largest absolute Gasteiger partial charge is 0.312 e. The van der Waals surface area contributed by atoms with Gasteiger partial charge in [-0.1, -0.05) is 60.7 Å². The van der Waals surface area contributed by atoms with Gasteiger partial charge in [0.25, 0.3) is 0 Å². The summed E-state index contributed by atoms with van der Waals surface area (Å²) in [4.78, 5) is 4.36. The molecule has 0 amide bonds. The van der Waals surface area contributed by atoms with E-state index in [4.69, 9.17) is 5.73 Å². The third-order valence-electron chi connectivity index (χ3n) is 2.34. The van der Waals surface area contributed by atoms with Gasteiger partial charge in [0.15, 0.2) is 0 Å². The van der Waals surface area contributed by atoms with E-state index in [-0.39, 0.29) is 0 Å². The summed E-state index contributed by atoms with van der Waals surface area (Å²) in [6, 6.07) is 20.2. The highest BCUT2D eigenvalue weighted by atomic mass is 14.9. The van der Waals surface area contributed by atoms with E-state index in [1.807, 2.05) is 60.7 Å². The molecule has 16 heavy (non-hydrogen) atoms. The van der Waals surface area contributed by atoms with E-state index in [1.54, 1.807) is 0 Å². The molecule has 0 saturated carbocycles. The van der Waals surface area contributed by atoms with E-state index in [2.05, 4.69) is 4.99 Å². The molecule has 0 unspecified atom stereocenters. The lowest BCUT2D eigenvalue weighted by Gasteiger charge is -2.06. The average Bonchev–Trinajstić information content (AvgIpc) is 2.38. The fourth-order valence-corrected chi connectivity index (χ4v) is 1.63. The van der Waals surface area contributed by atoms with Crippen molar-refractivity contribution in [3.05, 3.63) is 71.8 Å². The molecule has 0 aliphatic heterocycles. The summed E-state index contributed by atoms with van der Waals surface area (Å²) in [7, 11) is 0. The lowest BCUT2D eigenvalue weighted by atomic mass is 10.0. The van der Waals surface area contributed by atoms with Gasteiger partial charge < -0.3 is 5.73 Å². The molecule has 0 aliphatic rings. The third-order valence-corrected chi connectivity index (χ3v) is 2.34. The summed E-state index contributed by atoms with van der Waals surface area (Å²) < 4.78 is 0. The van der Waals surface area contributed by atoms with Gasteiger partial charge in [-0.3, -0.25) is 4.99 Å². The minimum absolute atomic E-state index is 0.305. The van der Waals surface area contributed by atoms with Crippen LogP contribution in [0, 0.1) is 0 Å². The maximum Gasteiger partial charge on any atom is 0.0867 e. The summed E-state index contributed by atoms with van der Waals surface area (Å²) in [6.45, 7) is 0.305. The van der Waals surface area contributed by atoms with Gasteiger partial charge in [0.2, 0.25) is 0 Å². The van der Waals surface area contributed by atoms with E-state index in [0.29, 0.717) is 6.67 Å². The zero-order valence-corrected chi connectivity index (χ0v) is 9.01. The van der Waals surface area contributed by atoms with Crippen LogP contribution in [0.4, 0.5) is 0 Å². The number of hydrogen-bond donors (Lipinski definition) is 1. The number of nitrogens with two attached hydrogens (primary N) is 1.